The van der Waals surface area contributed by atoms with E-state index < -0.39 is 18.0 Å². The second-order valence-electron chi connectivity index (χ2n) is 2.75. The van der Waals surface area contributed by atoms with Crippen LogP contribution in [0.1, 0.15) is 26.2 Å². The maximum atomic E-state index is 11.0. The van der Waals surface area contributed by atoms with Crippen LogP contribution in [0.15, 0.2) is 0 Å². The SMILES string of the molecule is CCCC[C@H](N)C(=O)OC(=O)CN. The van der Waals surface area contributed by atoms with Gasteiger partial charge in [-0.05, 0) is 6.42 Å². The summed E-state index contributed by atoms with van der Waals surface area (Å²) in [5.74, 6) is -1.43. The number of carbonyl (C=O) groups excluding carboxylic acids is 2. The first-order valence-electron chi connectivity index (χ1n) is 4.32. The van der Waals surface area contributed by atoms with Gasteiger partial charge in [-0.1, -0.05) is 19.8 Å². The number of ether oxygens (including phenoxy) is 1. The summed E-state index contributed by atoms with van der Waals surface area (Å²) >= 11 is 0. The van der Waals surface area contributed by atoms with E-state index >= 15 is 0 Å². The van der Waals surface area contributed by atoms with Crippen molar-refractivity contribution in [2.75, 3.05) is 6.54 Å². The fourth-order valence-electron chi connectivity index (χ4n) is 0.771. The minimum absolute atomic E-state index is 0.299. The molecule has 0 saturated heterocycles. The fraction of sp³-hybridized carbons (Fsp3) is 0.750. The van der Waals surface area contributed by atoms with Gasteiger partial charge < -0.3 is 16.2 Å². The molecule has 0 unspecified atom stereocenters. The monoisotopic (exact) mass is 188 g/mol. The number of rotatable bonds is 5. The van der Waals surface area contributed by atoms with Crippen molar-refractivity contribution in [3.8, 4) is 0 Å². The van der Waals surface area contributed by atoms with Gasteiger partial charge in [0.15, 0.2) is 0 Å². The molecule has 0 aromatic carbocycles. The molecule has 0 aliphatic rings. The first-order valence-corrected chi connectivity index (χ1v) is 4.32. The minimum Gasteiger partial charge on any atom is -0.391 e. The van der Waals surface area contributed by atoms with Crippen LogP contribution in [-0.2, 0) is 14.3 Å². The van der Waals surface area contributed by atoms with E-state index in [4.69, 9.17) is 11.5 Å². The number of nitrogens with two attached hydrogens (primary N) is 2. The van der Waals surface area contributed by atoms with Gasteiger partial charge in [0, 0.05) is 0 Å². The van der Waals surface area contributed by atoms with Crippen LogP contribution in [0.5, 0.6) is 0 Å². The van der Waals surface area contributed by atoms with Gasteiger partial charge in [0.1, 0.15) is 6.04 Å². The molecule has 13 heavy (non-hydrogen) atoms. The van der Waals surface area contributed by atoms with Crippen molar-refractivity contribution in [1.82, 2.24) is 0 Å². The van der Waals surface area contributed by atoms with Crippen molar-refractivity contribution in [1.29, 1.82) is 0 Å². The van der Waals surface area contributed by atoms with Crippen LogP contribution in [0.3, 0.4) is 0 Å². The third-order valence-corrected chi connectivity index (χ3v) is 1.55. The van der Waals surface area contributed by atoms with Gasteiger partial charge in [0.25, 0.3) is 0 Å². The van der Waals surface area contributed by atoms with Gasteiger partial charge in [-0.25, -0.2) is 4.79 Å². The highest BCUT2D eigenvalue weighted by Gasteiger charge is 2.16. The summed E-state index contributed by atoms with van der Waals surface area (Å²) in [7, 11) is 0. The van der Waals surface area contributed by atoms with Crippen LogP contribution in [-0.4, -0.2) is 24.5 Å². The van der Waals surface area contributed by atoms with E-state index in [9.17, 15) is 9.59 Å². The Morgan fingerprint density at radius 3 is 2.54 bits per heavy atom. The lowest BCUT2D eigenvalue weighted by molar-refractivity contribution is -0.159. The standard InChI is InChI=1S/C8H16N2O3/c1-2-3-4-6(10)8(12)13-7(11)5-9/h6H,2-5,9-10H2,1H3/t6-/m0/s1. The molecule has 0 fully saturated rings. The largest absolute Gasteiger partial charge is 0.391 e. The zero-order valence-corrected chi connectivity index (χ0v) is 7.79. The number of esters is 2. The van der Waals surface area contributed by atoms with E-state index in [-0.39, 0.29) is 6.54 Å². The molecule has 1 atom stereocenters. The van der Waals surface area contributed by atoms with Crippen LogP contribution < -0.4 is 11.5 Å². The number of unbranched alkanes of at least 4 members (excludes halogenated alkanes) is 1. The summed E-state index contributed by atoms with van der Waals surface area (Å²) in [6.45, 7) is 1.69. The predicted molar refractivity (Wildman–Crippen MR) is 47.7 cm³/mol. The van der Waals surface area contributed by atoms with Gasteiger partial charge in [-0.2, -0.15) is 0 Å². The van der Waals surface area contributed by atoms with Crippen LogP contribution in [0.25, 0.3) is 0 Å². The molecular weight excluding hydrogens is 172 g/mol. The second kappa shape index (κ2) is 6.56. The summed E-state index contributed by atoms with van der Waals surface area (Å²) in [6.07, 6.45) is 2.33. The topological polar surface area (TPSA) is 95.4 Å². The maximum absolute atomic E-state index is 11.0. The lowest BCUT2D eigenvalue weighted by atomic mass is 10.1. The quantitative estimate of drug-likeness (QED) is 0.449. The van der Waals surface area contributed by atoms with Gasteiger partial charge in [0.05, 0.1) is 6.54 Å². The van der Waals surface area contributed by atoms with Gasteiger partial charge >= 0.3 is 11.9 Å². The molecule has 0 aromatic rings. The molecule has 0 aromatic heterocycles. The highest BCUT2D eigenvalue weighted by molar-refractivity contribution is 5.88. The Morgan fingerprint density at radius 1 is 1.46 bits per heavy atom. The van der Waals surface area contributed by atoms with E-state index in [2.05, 4.69) is 4.74 Å². The van der Waals surface area contributed by atoms with Crippen molar-refractivity contribution in [3.05, 3.63) is 0 Å². The summed E-state index contributed by atoms with van der Waals surface area (Å²) < 4.78 is 4.33. The van der Waals surface area contributed by atoms with Crippen molar-refractivity contribution in [2.24, 2.45) is 11.5 Å². The predicted octanol–water partition coefficient (Wildman–Crippen LogP) is -0.468. The minimum atomic E-state index is -0.739. The number of hydrogen-bond acceptors (Lipinski definition) is 5. The molecule has 0 spiro atoms. The molecule has 0 bridgehead atoms. The molecular formula is C8H16N2O3. The van der Waals surface area contributed by atoms with Crippen LogP contribution in [0.2, 0.25) is 0 Å². The highest BCUT2D eigenvalue weighted by atomic mass is 16.6. The molecule has 0 aliphatic carbocycles. The van der Waals surface area contributed by atoms with Gasteiger partial charge in [-0.15, -0.1) is 0 Å². The summed E-state index contributed by atoms with van der Waals surface area (Å²) in [5, 5.41) is 0. The zero-order chi connectivity index (χ0) is 10.3. The van der Waals surface area contributed by atoms with Crippen molar-refractivity contribution < 1.29 is 14.3 Å². The molecule has 76 valence electrons. The lowest BCUT2D eigenvalue weighted by Crippen LogP contribution is -2.35. The van der Waals surface area contributed by atoms with Crippen molar-refractivity contribution in [3.63, 3.8) is 0 Å². The van der Waals surface area contributed by atoms with E-state index in [0.717, 1.165) is 12.8 Å². The Hall–Kier alpha value is -0.940. The van der Waals surface area contributed by atoms with Crippen LogP contribution in [0, 0.1) is 0 Å². The molecule has 0 amide bonds. The van der Waals surface area contributed by atoms with Crippen LogP contribution >= 0.6 is 0 Å². The summed E-state index contributed by atoms with van der Waals surface area (Å²) in [5.41, 5.74) is 10.4. The van der Waals surface area contributed by atoms with E-state index in [1.165, 1.54) is 0 Å². The number of carbonyl (C=O) groups is 2. The van der Waals surface area contributed by atoms with Gasteiger partial charge in [0.2, 0.25) is 0 Å². The van der Waals surface area contributed by atoms with E-state index in [0.29, 0.717) is 6.42 Å². The van der Waals surface area contributed by atoms with E-state index in [1.807, 2.05) is 6.92 Å². The molecule has 4 N–H and O–H groups in total. The third kappa shape index (κ3) is 5.32. The average molecular weight is 188 g/mol. The normalized spacial score (nSPS) is 12.2. The Balaban J connectivity index is 3.75. The van der Waals surface area contributed by atoms with Crippen molar-refractivity contribution in [2.45, 2.75) is 32.2 Å². The summed E-state index contributed by atoms with van der Waals surface area (Å²) in [6, 6.07) is -0.713. The molecule has 0 aliphatic heterocycles. The average Bonchev–Trinajstić information content (AvgIpc) is 2.13. The van der Waals surface area contributed by atoms with Crippen molar-refractivity contribution >= 4 is 11.9 Å². The third-order valence-electron chi connectivity index (χ3n) is 1.55. The maximum Gasteiger partial charge on any atom is 0.330 e. The smallest absolute Gasteiger partial charge is 0.330 e. The Bertz CT molecular complexity index is 182. The highest BCUT2D eigenvalue weighted by Crippen LogP contribution is 1.99. The number of hydrogen-bond donors (Lipinski definition) is 2. The van der Waals surface area contributed by atoms with E-state index in [1.54, 1.807) is 0 Å². The molecule has 0 heterocycles. The second-order valence-corrected chi connectivity index (χ2v) is 2.75. The molecule has 0 rings (SSSR count). The Labute approximate surface area is 77.4 Å². The lowest BCUT2D eigenvalue weighted by Gasteiger charge is -2.08. The van der Waals surface area contributed by atoms with Crippen LogP contribution in [0.4, 0.5) is 0 Å². The molecule has 0 saturated carbocycles. The Kier molecular flexibility index (Phi) is 6.09. The Morgan fingerprint density at radius 2 is 2.08 bits per heavy atom. The fourth-order valence-corrected chi connectivity index (χ4v) is 0.771. The first kappa shape index (κ1) is 12.1. The molecule has 5 heteroatoms. The zero-order valence-electron chi connectivity index (χ0n) is 7.79. The first-order chi connectivity index (χ1) is 6.11. The van der Waals surface area contributed by atoms with Gasteiger partial charge in [-0.3, -0.25) is 4.79 Å². The summed E-state index contributed by atoms with van der Waals surface area (Å²) in [4.78, 5) is 21.6. The molecule has 0 radical (unpaired) electrons. The molecule has 5 nitrogen and oxygen atoms in total.